The van der Waals surface area contributed by atoms with Gasteiger partial charge in [0.1, 0.15) is 11.4 Å². The van der Waals surface area contributed by atoms with Crippen molar-refractivity contribution < 1.29 is 9.18 Å². The number of carbonyl (C=O) groups excluding carboxylic acids is 1. The largest absolute Gasteiger partial charge is 0.322 e. The van der Waals surface area contributed by atoms with Crippen LogP contribution in [0.4, 0.5) is 10.1 Å². The molecule has 0 radical (unpaired) electrons. The van der Waals surface area contributed by atoms with Crippen LogP contribution in [0.3, 0.4) is 0 Å². The molecule has 1 heterocycles. The van der Waals surface area contributed by atoms with E-state index in [1.54, 1.807) is 18.2 Å². The van der Waals surface area contributed by atoms with Crippen LogP contribution in [0, 0.1) is 19.7 Å². The number of hydrogen-bond donors (Lipinski definition) is 2. The fourth-order valence-corrected chi connectivity index (χ4v) is 2.70. The first-order valence-electron chi connectivity index (χ1n) is 7.81. The van der Waals surface area contributed by atoms with E-state index < -0.39 is 11.5 Å². The Hall–Kier alpha value is -3.21. The van der Waals surface area contributed by atoms with E-state index in [0.29, 0.717) is 16.9 Å². The Morgan fingerprint density at radius 3 is 2.20 bits per heavy atom. The number of nitrogens with one attached hydrogen (secondary N) is 2. The monoisotopic (exact) mass is 336 g/mol. The lowest BCUT2D eigenvalue weighted by Crippen LogP contribution is -2.23. The van der Waals surface area contributed by atoms with E-state index in [9.17, 15) is 14.0 Å². The highest BCUT2D eigenvalue weighted by Gasteiger charge is 2.12. The predicted molar refractivity (Wildman–Crippen MR) is 96.3 cm³/mol. The summed E-state index contributed by atoms with van der Waals surface area (Å²) in [7, 11) is 0. The van der Waals surface area contributed by atoms with Crippen molar-refractivity contribution in [2.24, 2.45) is 0 Å². The minimum absolute atomic E-state index is 0.0185. The van der Waals surface area contributed by atoms with Gasteiger partial charge in [-0.25, -0.2) is 4.39 Å². The fourth-order valence-electron chi connectivity index (χ4n) is 2.70. The van der Waals surface area contributed by atoms with Gasteiger partial charge in [-0.2, -0.15) is 0 Å². The quantitative estimate of drug-likeness (QED) is 0.758. The average molecular weight is 336 g/mol. The zero-order valence-corrected chi connectivity index (χ0v) is 13.9. The third-order valence-electron chi connectivity index (χ3n) is 3.79. The minimum Gasteiger partial charge on any atom is -0.322 e. The van der Waals surface area contributed by atoms with Gasteiger partial charge in [0.25, 0.3) is 11.5 Å². The molecule has 0 bridgehead atoms. The minimum atomic E-state index is -0.497. The number of H-pyrrole nitrogens is 1. The third-order valence-corrected chi connectivity index (χ3v) is 3.79. The second-order valence-corrected chi connectivity index (χ2v) is 5.95. The Bertz CT molecular complexity index is 971. The third kappa shape index (κ3) is 3.83. The molecular weight excluding hydrogens is 319 g/mol. The number of rotatable bonds is 3. The van der Waals surface area contributed by atoms with Gasteiger partial charge < -0.3 is 10.3 Å². The Morgan fingerprint density at radius 2 is 1.60 bits per heavy atom. The fraction of sp³-hybridized carbons (Fsp3) is 0.100. The normalized spacial score (nSPS) is 10.5. The standard InChI is InChI=1S/C20H17FN2O2/c1-12-9-13(2)11-16(10-12)22-19(24)17-7-8-18(23-20(17)25)14-3-5-15(21)6-4-14/h3-11H,1-2H3,(H,22,24)(H,23,25). The van der Waals surface area contributed by atoms with Crippen LogP contribution in [-0.2, 0) is 0 Å². The van der Waals surface area contributed by atoms with Crippen molar-refractivity contribution in [3.05, 3.63) is 87.5 Å². The summed E-state index contributed by atoms with van der Waals surface area (Å²) in [6, 6.07) is 14.5. The molecule has 1 amide bonds. The van der Waals surface area contributed by atoms with Crippen LogP contribution in [0.15, 0.2) is 59.4 Å². The average Bonchev–Trinajstić information content (AvgIpc) is 2.54. The van der Waals surface area contributed by atoms with Gasteiger partial charge in [-0.15, -0.1) is 0 Å². The number of benzene rings is 2. The topological polar surface area (TPSA) is 62.0 Å². The SMILES string of the molecule is Cc1cc(C)cc(NC(=O)c2ccc(-c3ccc(F)cc3)[nH]c2=O)c1. The van der Waals surface area contributed by atoms with Crippen LogP contribution in [-0.4, -0.2) is 10.9 Å². The van der Waals surface area contributed by atoms with E-state index >= 15 is 0 Å². The number of aryl methyl sites for hydroxylation is 2. The van der Waals surface area contributed by atoms with Gasteiger partial charge in [0.05, 0.1) is 0 Å². The molecule has 1 aromatic heterocycles. The van der Waals surface area contributed by atoms with Gasteiger partial charge in [-0.05, 0) is 79.1 Å². The van der Waals surface area contributed by atoms with Gasteiger partial charge in [-0.3, -0.25) is 9.59 Å². The number of aromatic nitrogens is 1. The highest BCUT2D eigenvalue weighted by Crippen LogP contribution is 2.17. The number of aromatic amines is 1. The van der Waals surface area contributed by atoms with E-state index in [2.05, 4.69) is 10.3 Å². The van der Waals surface area contributed by atoms with Crippen molar-refractivity contribution in [1.82, 2.24) is 4.98 Å². The number of pyridine rings is 1. The summed E-state index contributed by atoms with van der Waals surface area (Å²) in [6.07, 6.45) is 0. The Morgan fingerprint density at radius 1 is 0.960 bits per heavy atom. The highest BCUT2D eigenvalue weighted by molar-refractivity contribution is 6.04. The summed E-state index contributed by atoms with van der Waals surface area (Å²) >= 11 is 0. The number of amides is 1. The van der Waals surface area contributed by atoms with Crippen molar-refractivity contribution in [3.63, 3.8) is 0 Å². The molecule has 0 unspecified atom stereocenters. The van der Waals surface area contributed by atoms with Gasteiger partial charge >= 0.3 is 0 Å². The van der Waals surface area contributed by atoms with Crippen LogP contribution < -0.4 is 10.9 Å². The lowest BCUT2D eigenvalue weighted by molar-refractivity contribution is 0.102. The number of hydrogen-bond acceptors (Lipinski definition) is 2. The van der Waals surface area contributed by atoms with Crippen LogP contribution in [0.5, 0.6) is 0 Å². The molecule has 0 aliphatic rings. The van der Waals surface area contributed by atoms with Gasteiger partial charge in [0.2, 0.25) is 0 Å². The summed E-state index contributed by atoms with van der Waals surface area (Å²) in [5, 5.41) is 2.74. The molecule has 25 heavy (non-hydrogen) atoms. The lowest BCUT2D eigenvalue weighted by atomic mass is 10.1. The van der Waals surface area contributed by atoms with E-state index in [1.165, 1.54) is 18.2 Å². The molecule has 2 aromatic carbocycles. The molecule has 2 N–H and O–H groups in total. The van der Waals surface area contributed by atoms with E-state index in [4.69, 9.17) is 0 Å². The zero-order valence-electron chi connectivity index (χ0n) is 13.9. The summed E-state index contributed by atoms with van der Waals surface area (Å²) in [4.78, 5) is 27.3. The number of anilines is 1. The van der Waals surface area contributed by atoms with Crippen molar-refractivity contribution in [2.75, 3.05) is 5.32 Å². The Labute approximate surface area is 144 Å². The maximum Gasteiger partial charge on any atom is 0.261 e. The van der Waals surface area contributed by atoms with Crippen molar-refractivity contribution in [1.29, 1.82) is 0 Å². The molecule has 0 aliphatic carbocycles. The van der Waals surface area contributed by atoms with Crippen LogP contribution in [0.25, 0.3) is 11.3 Å². The van der Waals surface area contributed by atoms with Crippen molar-refractivity contribution in [2.45, 2.75) is 13.8 Å². The van der Waals surface area contributed by atoms with Crippen LogP contribution >= 0.6 is 0 Å². The second-order valence-electron chi connectivity index (χ2n) is 5.95. The van der Waals surface area contributed by atoms with Crippen molar-refractivity contribution >= 4 is 11.6 Å². The molecule has 0 aliphatic heterocycles. The molecular formula is C20H17FN2O2. The highest BCUT2D eigenvalue weighted by atomic mass is 19.1. The second kappa shape index (κ2) is 6.73. The first-order valence-corrected chi connectivity index (χ1v) is 7.81. The molecule has 0 saturated carbocycles. The zero-order chi connectivity index (χ0) is 18.0. The first kappa shape index (κ1) is 16.6. The number of halogens is 1. The maximum atomic E-state index is 13.0. The van der Waals surface area contributed by atoms with E-state index in [-0.39, 0.29) is 11.4 Å². The predicted octanol–water partition coefficient (Wildman–Crippen LogP) is 4.05. The molecule has 126 valence electrons. The Kier molecular flexibility index (Phi) is 4.48. The van der Waals surface area contributed by atoms with Gasteiger partial charge in [0, 0.05) is 11.4 Å². The lowest BCUT2D eigenvalue weighted by Gasteiger charge is -2.08. The van der Waals surface area contributed by atoms with Crippen LogP contribution in [0.1, 0.15) is 21.5 Å². The molecule has 3 rings (SSSR count). The number of carbonyl (C=O) groups is 1. The molecule has 0 spiro atoms. The molecule has 3 aromatic rings. The molecule has 4 nitrogen and oxygen atoms in total. The Balaban J connectivity index is 1.86. The smallest absolute Gasteiger partial charge is 0.261 e. The summed E-state index contributed by atoms with van der Waals surface area (Å²) in [6.45, 7) is 3.87. The van der Waals surface area contributed by atoms with Crippen molar-refractivity contribution in [3.8, 4) is 11.3 Å². The first-order chi connectivity index (χ1) is 11.9. The van der Waals surface area contributed by atoms with Crippen LogP contribution in [0.2, 0.25) is 0 Å². The molecule has 5 heteroatoms. The molecule has 0 saturated heterocycles. The summed E-state index contributed by atoms with van der Waals surface area (Å²) in [5.41, 5.74) is 3.40. The van der Waals surface area contributed by atoms with E-state index in [1.807, 2.05) is 32.0 Å². The maximum absolute atomic E-state index is 13.0. The summed E-state index contributed by atoms with van der Waals surface area (Å²) < 4.78 is 13.0. The molecule has 0 atom stereocenters. The van der Waals surface area contributed by atoms with Gasteiger partial charge in [0.15, 0.2) is 0 Å². The van der Waals surface area contributed by atoms with Gasteiger partial charge in [-0.1, -0.05) is 6.07 Å². The molecule has 0 fully saturated rings. The summed E-state index contributed by atoms with van der Waals surface area (Å²) in [5.74, 6) is -0.826. The van der Waals surface area contributed by atoms with E-state index in [0.717, 1.165) is 11.1 Å².